The predicted molar refractivity (Wildman–Crippen MR) is 77.3 cm³/mol. The lowest BCUT2D eigenvalue weighted by Gasteiger charge is -2.10. The van der Waals surface area contributed by atoms with Crippen molar-refractivity contribution in [1.82, 2.24) is 0 Å². The highest BCUT2D eigenvalue weighted by atomic mass is 16.5. The lowest BCUT2D eigenvalue weighted by Crippen LogP contribution is -2.03. The van der Waals surface area contributed by atoms with Crippen molar-refractivity contribution >= 4 is 12.3 Å². The molecule has 0 fully saturated rings. The molecule has 2 aromatic carbocycles. The van der Waals surface area contributed by atoms with Crippen LogP contribution in [0, 0.1) is 0 Å². The fraction of sp³-hybridized carbons (Fsp3) is 0.125. The molecule has 0 aliphatic carbocycles. The van der Waals surface area contributed by atoms with E-state index in [0.717, 1.165) is 0 Å². The average molecular weight is 302 g/mol. The predicted octanol–water partition coefficient (Wildman–Crippen LogP) is 2.28. The molecule has 2 aromatic rings. The van der Waals surface area contributed by atoms with Gasteiger partial charge in [0.1, 0.15) is 18.6 Å². The molecule has 0 saturated carbocycles. The highest BCUT2D eigenvalue weighted by Crippen LogP contribution is 2.28. The van der Waals surface area contributed by atoms with Crippen LogP contribution in [0.15, 0.2) is 36.4 Å². The molecule has 0 aliphatic rings. The molecule has 6 heteroatoms. The maximum Gasteiger partial charge on any atom is 0.337 e. The van der Waals surface area contributed by atoms with Crippen molar-refractivity contribution in [2.75, 3.05) is 7.11 Å². The summed E-state index contributed by atoms with van der Waals surface area (Å²) in [6.45, 7) is -0.0907. The van der Waals surface area contributed by atoms with Gasteiger partial charge in [0.15, 0.2) is 11.5 Å². The molecule has 0 aromatic heterocycles. The Kier molecular flexibility index (Phi) is 4.63. The highest BCUT2D eigenvalue weighted by molar-refractivity contribution is 5.89. The maximum atomic E-state index is 11.5. The van der Waals surface area contributed by atoms with Crippen molar-refractivity contribution in [3.63, 3.8) is 0 Å². The zero-order valence-electron chi connectivity index (χ0n) is 11.8. The Hall–Kier alpha value is -3.02. The molecule has 0 atom stereocenters. The van der Waals surface area contributed by atoms with Crippen LogP contribution in [-0.2, 0) is 11.3 Å². The van der Waals surface area contributed by atoms with Gasteiger partial charge in [0.05, 0.1) is 12.7 Å². The molecular formula is C16H14O6. The van der Waals surface area contributed by atoms with Gasteiger partial charge in [-0.25, -0.2) is 4.79 Å². The largest absolute Gasteiger partial charge is 0.508 e. The lowest BCUT2D eigenvalue weighted by molar-refractivity contribution is 0.0600. The fourth-order valence-corrected chi connectivity index (χ4v) is 1.82. The third kappa shape index (κ3) is 3.35. The van der Waals surface area contributed by atoms with Crippen LogP contribution >= 0.6 is 0 Å². The number of phenolic OH excluding ortho intramolecular Hbond substituents is 2. The van der Waals surface area contributed by atoms with Crippen LogP contribution in [0.2, 0.25) is 0 Å². The Morgan fingerprint density at radius 2 is 1.86 bits per heavy atom. The zero-order chi connectivity index (χ0) is 16.1. The minimum Gasteiger partial charge on any atom is -0.508 e. The monoisotopic (exact) mass is 302 g/mol. The quantitative estimate of drug-likeness (QED) is 0.650. The van der Waals surface area contributed by atoms with E-state index in [1.165, 1.54) is 43.5 Å². The molecule has 0 radical (unpaired) electrons. The number of rotatable bonds is 5. The van der Waals surface area contributed by atoms with E-state index in [9.17, 15) is 19.8 Å². The molecule has 0 bridgehead atoms. The molecule has 2 rings (SSSR count). The minimum atomic E-state index is -0.535. The summed E-state index contributed by atoms with van der Waals surface area (Å²) in [4.78, 5) is 22.2. The van der Waals surface area contributed by atoms with Crippen LogP contribution in [0.3, 0.4) is 0 Å². The van der Waals surface area contributed by atoms with E-state index < -0.39 is 5.97 Å². The summed E-state index contributed by atoms with van der Waals surface area (Å²) in [5, 5.41) is 19.5. The number of carbonyl (C=O) groups is 2. The van der Waals surface area contributed by atoms with Gasteiger partial charge in [0.2, 0.25) is 0 Å². The topological polar surface area (TPSA) is 93.1 Å². The molecular weight excluding hydrogens is 288 g/mol. The van der Waals surface area contributed by atoms with Gasteiger partial charge in [-0.3, -0.25) is 4.79 Å². The van der Waals surface area contributed by atoms with Crippen molar-refractivity contribution in [2.45, 2.75) is 6.61 Å². The summed E-state index contributed by atoms with van der Waals surface area (Å²) in [5.74, 6) is -0.618. The number of carbonyl (C=O) groups excluding carboxylic acids is 2. The van der Waals surface area contributed by atoms with Crippen molar-refractivity contribution in [1.29, 1.82) is 0 Å². The summed E-state index contributed by atoms with van der Waals surface area (Å²) < 4.78 is 10.00. The van der Waals surface area contributed by atoms with Gasteiger partial charge in [0, 0.05) is 11.1 Å². The van der Waals surface area contributed by atoms with Gasteiger partial charge in [-0.05, 0) is 36.4 Å². The smallest absolute Gasteiger partial charge is 0.337 e. The second kappa shape index (κ2) is 6.62. The van der Waals surface area contributed by atoms with Crippen LogP contribution in [0.25, 0.3) is 0 Å². The van der Waals surface area contributed by atoms with Crippen molar-refractivity contribution in [3.05, 3.63) is 53.1 Å². The molecule has 2 N–H and O–H groups in total. The third-order valence-electron chi connectivity index (χ3n) is 3.00. The molecule has 6 nitrogen and oxygen atoms in total. The number of phenols is 2. The number of esters is 1. The summed E-state index contributed by atoms with van der Waals surface area (Å²) in [6.07, 6.45) is 0.627. The van der Waals surface area contributed by atoms with E-state index in [0.29, 0.717) is 17.4 Å². The van der Waals surface area contributed by atoms with Crippen molar-refractivity contribution in [3.8, 4) is 17.2 Å². The normalized spacial score (nSPS) is 10.0. The van der Waals surface area contributed by atoms with E-state index in [1.54, 1.807) is 0 Å². The van der Waals surface area contributed by atoms with Crippen LogP contribution in [0.4, 0.5) is 0 Å². The van der Waals surface area contributed by atoms with Crippen LogP contribution in [0.5, 0.6) is 17.2 Å². The Morgan fingerprint density at radius 1 is 1.14 bits per heavy atom. The van der Waals surface area contributed by atoms with Gasteiger partial charge < -0.3 is 19.7 Å². The number of ether oxygens (including phenoxy) is 2. The molecule has 0 spiro atoms. The van der Waals surface area contributed by atoms with Crippen molar-refractivity contribution in [2.24, 2.45) is 0 Å². The van der Waals surface area contributed by atoms with Crippen LogP contribution in [-0.4, -0.2) is 29.6 Å². The van der Waals surface area contributed by atoms with E-state index in [-0.39, 0.29) is 29.4 Å². The van der Waals surface area contributed by atoms with Gasteiger partial charge in [-0.15, -0.1) is 0 Å². The summed E-state index contributed by atoms with van der Waals surface area (Å²) in [6, 6.07) is 8.38. The van der Waals surface area contributed by atoms with Crippen LogP contribution in [0.1, 0.15) is 26.3 Å². The lowest BCUT2D eigenvalue weighted by atomic mass is 10.1. The third-order valence-corrected chi connectivity index (χ3v) is 3.00. The molecule has 22 heavy (non-hydrogen) atoms. The first-order chi connectivity index (χ1) is 10.5. The first kappa shape index (κ1) is 15.4. The minimum absolute atomic E-state index is 0.0568. The number of methoxy groups -OCH3 is 1. The molecule has 0 unspecified atom stereocenters. The van der Waals surface area contributed by atoms with Crippen LogP contribution < -0.4 is 4.74 Å². The maximum absolute atomic E-state index is 11.5. The van der Waals surface area contributed by atoms with Gasteiger partial charge >= 0.3 is 5.97 Å². The molecule has 114 valence electrons. The SMILES string of the molecule is COC(=O)c1ccc(O)c(COc2cc(C=O)ccc2O)c1. The Morgan fingerprint density at radius 3 is 2.55 bits per heavy atom. The Bertz CT molecular complexity index is 708. The second-order valence-corrected chi connectivity index (χ2v) is 4.47. The van der Waals surface area contributed by atoms with Gasteiger partial charge in [0.25, 0.3) is 0 Å². The highest BCUT2D eigenvalue weighted by Gasteiger charge is 2.11. The van der Waals surface area contributed by atoms with E-state index in [1.807, 2.05) is 0 Å². The average Bonchev–Trinajstić information content (AvgIpc) is 2.54. The first-order valence-corrected chi connectivity index (χ1v) is 6.36. The summed E-state index contributed by atoms with van der Waals surface area (Å²) >= 11 is 0. The van der Waals surface area contributed by atoms with Gasteiger partial charge in [-0.2, -0.15) is 0 Å². The number of aromatic hydroxyl groups is 2. The standard InChI is InChI=1S/C16H14O6/c1-21-16(20)11-3-5-13(18)12(7-11)9-22-15-6-10(8-17)2-4-14(15)19/h2-8,18-19H,9H2,1H3. The van der Waals surface area contributed by atoms with E-state index in [4.69, 9.17) is 4.74 Å². The second-order valence-electron chi connectivity index (χ2n) is 4.47. The number of benzene rings is 2. The Labute approximate surface area is 126 Å². The Balaban J connectivity index is 2.21. The number of hydrogen-bond donors (Lipinski definition) is 2. The number of hydrogen-bond acceptors (Lipinski definition) is 6. The van der Waals surface area contributed by atoms with Crippen molar-refractivity contribution < 1.29 is 29.3 Å². The van der Waals surface area contributed by atoms with E-state index >= 15 is 0 Å². The molecule has 0 aliphatic heterocycles. The van der Waals surface area contributed by atoms with Gasteiger partial charge in [-0.1, -0.05) is 0 Å². The number of aldehydes is 1. The first-order valence-electron chi connectivity index (χ1n) is 6.36. The molecule has 0 amide bonds. The fourth-order valence-electron chi connectivity index (χ4n) is 1.82. The summed E-state index contributed by atoms with van der Waals surface area (Å²) in [5.41, 5.74) is 0.962. The zero-order valence-corrected chi connectivity index (χ0v) is 11.8. The molecule has 0 heterocycles. The molecule has 0 saturated heterocycles. The summed E-state index contributed by atoms with van der Waals surface area (Å²) in [7, 11) is 1.26. The van der Waals surface area contributed by atoms with E-state index in [2.05, 4.69) is 4.74 Å².